The molecule has 1 saturated heterocycles. The predicted molar refractivity (Wildman–Crippen MR) is 140 cm³/mol. The Morgan fingerprint density at radius 1 is 1.22 bits per heavy atom. The zero-order chi connectivity index (χ0) is 26.2. The van der Waals surface area contributed by atoms with Gasteiger partial charge in [-0.2, -0.15) is 0 Å². The van der Waals surface area contributed by atoms with E-state index < -0.39 is 11.4 Å². The van der Waals surface area contributed by atoms with E-state index in [1.165, 1.54) is 11.0 Å². The van der Waals surface area contributed by atoms with Gasteiger partial charge in [-0.05, 0) is 38.5 Å². The van der Waals surface area contributed by atoms with E-state index in [2.05, 4.69) is 20.6 Å². The zero-order valence-corrected chi connectivity index (χ0v) is 21.0. The normalized spacial score (nSPS) is 15.4. The third kappa shape index (κ3) is 4.66. The Kier molecular flexibility index (Phi) is 6.41. The highest BCUT2D eigenvalue weighted by molar-refractivity contribution is 5.94. The molecule has 0 spiro atoms. The molecule has 10 heteroatoms. The maximum Gasteiger partial charge on any atom is 0.322 e. The number of nitrogens with zero attached hydrogens (tertiary/aromatic N) is 4. The molecule has 0 unspecified atom stereocenters. The maximum absolute atomic E-state index is 15.2. The average Bonchev–Trinajstić information content (AvgIpc) is 3.31. The Labute approximate surface area is 214 Å². The van der Waals surface area contributed by atoms with E-state index in [0.717, 1.165) is 24.0 Å². The molecule has 0 aliphatic carbocycles. The summed E-state index contributed by atoms with van der Waals surface area (Å²) in [5.41, 5.74) is 3.01. The molecule has 9 nitrogen and oxygen atoms in total. The van der Waals surface area contributed by atoms with Crippen LogP contribution in [0.15, 0.2) is 42.9 Å². The molecule has 5 rings (SSSR count). The number of unbranched alkanes of at least 4 members (excludes halogenated alkanes) is 1. The summed E-state index contributed by atoms with van der Waals surface area (Å²) in [6.07, 6.45) is 7.31. The number of hydrogen-bond acceptors (Lipinski definition) is 6. The lowest BCUT2D eigenvalue weighted by atomic mass is 9.87. The number of pyridine rings is 2. The van der Waals surface area contributed by atoms with Gasteiger partial charge in [0.1, 0.15) is 23.0 Å². The van der Waals surface area contributed by atoms with Gasteiger partial charge in [0, 0.05) is 48.6 Å². The van der Waals surface area contributed by atoms with Crippen LogP contribution in [0.1, 0.15) is 39.2 Å². The molecule has 1 aromatic carbocycles. The van der Waals surface area contributed by atoms with E-state index in [4.69, 9.17) is 4.74 Å². The molecule has 192 valence electrons. The molecule has 1 fully saturated rings. The van der Waals surface area contributed by atoms with Gasteiger partial charge in [0.15, 0.2) is 0 Å². The minimum atomic E-state index is -0.736. The number of amides is 3. The molecular weight excluding hydrogens is 475 g/mol. The Morgan fingerprint density at radius 2 is 2.05 bits per heavy atom. The number of nitrogens with one attached hydrogen (secondary N) is 2. The third-order valence-electron chi connectivity index (χ3n) is 6.61. The number of carbonyl (C=O) groups excluding carboxylic acids is 2. The lowest BCUT2D eigenvalue weighted by Crippen LogP contribution is -2.30. The fourth-order valence-electron chi connectivity index (χ4n) is 4.69. The second-order valence-corrected chi connectivity index (χ2v) is 9.62. The van der Waals surface area contributed by atoms with Crippen LogP contribution in [0.25, 0.3) is 11.1 Å². The number of carbonyl (C=O) groups is 2. The van der Waals surface area contributed by atoms with Crippen molar-refractivity contribution in [2.75, 3.05) is 34.8 Å². The fourth-order valence-corrected chi connectivity index (χ4v) is 4.69. The van der Waals surface area contributed by atoms with Gasteiger partial charge in [-0.1, -0.05) is 13.3 Å². The van der Waals surface area contributed by atoms with Crippen LogP contribution < -0.4 is 25.2 Å². The van der Waals surface area contributed by atoms with E-state index in [-0.39, 0.29) is 11.7 Å². The van der Waals surface area contributed by atoms with Gasteiger partial charge in [-0.3, -0.25) is 14.7 Å². The van der Waals surface area contributed by atoms with Crippen molar-refractivity contribution in [1.29, 1.82) is 0 Å². The largest absolute Gasteiger partial charge is 0.482 e. The van der Waals surface area contributed by atoms with Gasteiger partial charge in [0.05, 0.1) is 29.5 Å². The highest BCUT2D eigenvalue weighted by atomic mass is 19.1. The summed E-state index contributed by atoms with van der Waals surface area (Å²) in [6.45, 7) is 7.49. The number of hydrogen-bond donors (Lipinski definition) is 2. The Morgan fingerprint density at radius 3 is 2.78 bits per heavy atom. The van der Waals surface area contributed by atoms with Crippen molar-refractivity contribution in [1.82, 2.24) is 15.3 Å². The summed E-state index contributed by atoms with van der Waals surface area (Å²) < 4.78 is 21.5. The second-order valence-electron chi connectivity index (χ2n) is 9.62. The van der Waals surface area contributed by atoms with Crippen LogP contribution in [0, 0.1) is 5.82 Å². The second kappa shape index (κ2) is 9.68. The van der Waals surface area contributed by atoms with Gasteiger partial charge in [0.25, 0.3) is 0 Å². The zero-order valence-electron chi connectivity index (χ0n) is 21.0. The van der Waals surface area contributed by atoms with Gasteiger partial charge in [-0.15, -0.1) is 0 Å². The van der Waals surface area contributed by atoms with E-state index in [9.17, 15) is 9.59 Å². The van der Waals surface area contributed by atoms with Crippen LogP contribution in [-0.2, 0) is 10.4 Å². The van der Waals surface area contributed by atoms with Crippen LogP contribution in [-0.4, -0.2) is 42.0 Å². The Hall–Kier alpha value is -4.21. The Bertz CT molecular complexity index is 1360. The van der Waals surface area contributed by atoms with Gasteiger partial charge in [0.2, 0.25) is 6.41 Å². The highest BCUT2D eigenvalue weighted by Gasteiger charge is 2.34. The van der Waals surface area contributed by atoms with Crippen molar-refractivity contribution >= 4 is 35.3 Å². The molecule has 37 heavy (non-hydrogen) atoms. The van der Waals surface area contributed by atoms with E-state index in [1.54, 1.807) is 29.6 Å². The van der Waals surface area contributed by atoms with Crippen LogP contribution in [0.3, 0.4) is 0 Å². The molecule has 3 aromatic rings. The summed E-state index contributed by atoms with van der Waals surface area (Å²) >= 11 is 0. The van der Waals surface area contributed by atoms with Crippen molar-refractivity contribution in [3.63, 3.8) is 0 Å². The number of halogens is 1. The number of anilines is 4. The molecular formula is C27H29FN6O3. The number of ether oxygens (including phenoxy) is 1. The predicted octanol–water partition coefficient (Wildman–Crippen LogP) is 4.95. The highest BCUT2D eigenvalue weighted by Crippen LogP contribution is 2.47. The molecule has 2 aliphatic heterocycles. The van der Waals surface area contributed by atoms with Crippen molar-refractivity contribution in [3.8, 4) is 16.9 Å². The van der Waals surface area contributed by atoms with Crippen molar-refractivity contribution in [2.45, 2.75) is 39.2 Å². The first-order chi connectivity index (χ1) is 17.8. The molecule has 2 aliphatic rings. The average molecular weight is 505 g/mol. The van der Waals surface area contributed by atoms with Gasteiger partial charge >= 0.3 is 6.03 Å². The maximum atomic E-state index is 15.2. The summed E-state index contributed by atoms with van der Waals surface area (Å²) in [6, 6.07) is 6.56. The molecule has 0 saturated carbocycles. The number of urea groups is 1. The summed E-state index contributed by atoms with van der Waals surface area (Å²) in [5.74, 6) is 0.570. The lowest BCUT2D eigenvalue weighted by molar-refractivity contribution is -0.107. The fraction of sp³-hybridized carbons (Fsp3) is 0.333. The third-order valence-corrected chi connectivity index (χ3v) is 6.61. The number of fused-ring (bicyclic) bond motifs is 3. The monoisotopic (exact) mass is 504 g/mol. The first kappa shape index (κ1) is 24.5. The van der Waals surface area contributed by atoms with Crippen molar-refractivity contribution < 1.29 is 18.7 Å². The van der Waals surface area contributed by atoms with Crippen LogP contribution in [0.4, 0.5) is 32.1 Å². The SMILES string of the molecule is CCCCN(C=O)c1cc2c(cc1F)-c1cnc(Nc3cncc(N4CCNC4=O)c3)cc1C(C)(C)O2. The number of aromatic nitrogens is 2. The van der Waals surface area contributed by atoms with E-state index >= 15 is 4.39 Å². The number of rotatable bonds is 8. The van der Waals surface area contributed by atoms with E-state index in [1.807, 2.05) is 32.9 Å². The first-order valence-corrected chi connectivity index (χ1v) is 12.3. The quantitative estimate of drug-likeness (QED) is 0.421. The molecule has 4 heterocycles. The van der Waals surface area contributed by atoms with Crippen LogP contribution >= 0.6 is 0 Å². The topological polar surface area (TPSA) is 99.7 Å². The lowest BCUT2D eigenvalue weighted by Gasteiger charge is -2.35. The minimum absolute atomic E-state index is 0.152. The molecule has 2 aromatic heterocycles. The molecule has 3 amide bonds. The van der Waals surface area contributed by atoms with Gasteiger partial charge in [-0.25, -0.2) is 14.2 Å². The number of benzene rings is 1. The molecule has 0 bridgehead atoms. The van der Waals surface area contributed by atoms with E-state index in [0.29, 0.717) is 54.5 Å². The molecule has 2 N–H and O–H groups in total. The van der Waals surface area contributed by atoms with Crippen LogP contribution in [0.2, 0.25) is 0 Å². The molecule has 0 atom stereocenters. The minimum Gasteiger partial charge on any atom is -0.482 e. The summed E-state index contributed by atoms with van der Waals surface area (Å²) in [4.78, 5) is 35.5. The van der Waals surface area contributed by atoms with Gasteiger partial charge < -0.3 is 20.3 Å². The summed E-state index contributed by atoms with van der Waals surface area (Å²) in [5, 5.41) is 6.03. The van der Waals surface area contributed by atoms with Crippen molar-refractivity contribution in [2.24, 2.45) is 0 Å². The molecule has 0 radical (unpaired) electrons. The first-order valence-electron chi connectivity index (χ1n) is 12.3. The smallest absolute Gasteiger partial charge is 0.322 e. The Balaban J connectivity index is 1.46. The standard InChI is InChI=1S/C27H29FN6O3/c1-4-5-7-33(16-35)23-12-24-19(10-22(23)28)20-15-31-25(11-21(20)27(2,3)37-24)32-17-9-18(14-29-13-17)34-8-6-30-26(34)36/h9-16H,4-8H2,1-3H3,(H,30,36)(H,31,32). The van der Waals surface area contributed by atoms with Crippen LogP contribution in [0.5, 0.6) is 5.75 Å². The summed E-state index contributed by atoms with van der Waals surface area (Å²) in [7, 11) is 0. The van der Waals surface area contributed by atoms with Crippen molar-refractivity contribution in [3.05, 3.63) is 54.2 Å².